The lowest BCUT2D eigenvalue weighted by Gasteiger charge is -2.16. The lowest BCUT2D eigenvalue weighted by atomic mass is 10.1. The van der Waals surface area contributed by atoms with Crippen molar-refractivity contribution in [1.29, 1.82) is 0 Å². The van der Waals surface area contributed by atoms with E-state index in [4.69, 9.17) is 0 Å². The number of hydrogen-bond acceptors (Lipinski definition) is 5. The highest BCUT2D eigenvalue weighted by atomic mass is 16.3. The van der Waals surface area contributed by atoms with Crippen LogP contribution in [0.4, 0.5) is 0 Å². The molecule has 2 aromatic carbocycles. The first-order valence-corrected chi connectivity index (χ1v) is 9.85. The molecule has 29 heavy (non-hydrogen) atoms. The number of fused-ring (bicyclic) bond motifs is 1. The first-order valence-electron chi connectivity index (χ1n) is 9.85. The zero-order chi connectivity index (χ0) is 20.8. The molecule has 7 nitrogen and oxygen atoms in total. The third-order valence-corrected chi connectivity index (χ3v) is 5.00. The Labute approximate surface area is 169 Å². The molecule has 7 heteroatoms. The number of benzene rings is 2. The Hall–Kier alpha value is -3.19. The topological polar surface area (TPSA) is 90.7 Å². The number of aromatic nitrogens is 2. The number of H-pyrrole nitrogens is 1. The predicted octanol–water partition coefficient (Wildman–Crippen LogP) is 2.54. The van der Waals surface area contributed by atoms with Crippen molar-refractivity contribution in [3.63, 3.8) is 0 Å². The summed E-state index contributed by atoms with van der Waals surface area (Å²) in [6.45, 7) is 7.64. The van der Waals surface area contributed by atoms with Crippen LogP contribution in [0.2, 0.25) is 0 Å². The number of hydrogen-bond donors (Lipinski definition) is 2. The summed E-state index contributed by atoms with van der Waals surface area (Å²) in [5.74, 6) is -0.414. The third-order valence-electron chi connectivity index (χ3n) is 5.00. The monoisotopic (exact) mass is 394 g/mol. The normalized spacial score (nSPS) is 11.7. The quantitative estimate of drug-likeness (QED) is 0.454. The Balaban J connectivity index is 1.94. The highest BCUT2D eigenvalue weighted by Crippen LogP contribution is 2.24. The molecule has 0 unspecified atom stereocenters. The number of rotatable bonds is 8. The van der Waals surface area contributed by atoms with Gasteiger partial charge in [0.25, 0.3) is 5.56 Å². The summed E-state index contributed by atoms with van der Waals surface area (Å²) >= 11 is 0. The van der Waals surface area contributed by atoms with Gasteiger partial charge in [-0.1, -0.05) is 50.2 Å². The summed E-state index contributed by atoms with van der Waals surface area (Å²) < 4.78 is 1.11. The molecular formula is C22H26N4O3. The average molecular weight is 394 g/mol. The Morgan fingerprint density at radius 1 is 1.10 bits per heavy atom. The van der Waals surface area contributed by atoms with E-state index in [0.717, 1.165) is 41.4 Å². The molecule has 0 radical (unpaired) electrons. The maximum absolute atomic E-state index is 12.5. The van der Waals surface area contributed by atoms with Gasteiger partial charge in [-0.05, 0) is 37.5 Å². The maximum Gasteiger partial charge on any atom is 0.335 e. The van der Waals surface area contributed by atoms with Crippen LogP contribution in [-0.4, -0.2) is 52.0 Å². The van der Waals surface area contributed by atoms with Gasteiger partial charge < -0.3 is 10.0 Å². The van der Waals surface area contributed by atoms with Gasteiger partial charge >= 0.3 is 5.69 Å². The van der Waals surface area contributed by atoms with Crippen LogP contribution in [-0.2, 0) is 0 Å². The maximum atomic E-state index is 12.5. The fourth-order valence-corrected chi connectivity index (χ4v) is 3.36. The van der Waals surface area contributed by atoms with Crippen molar-refractivity contribution in [1.82, 2.24) is 14.5 Å². The van der Waals surface area contributed by atoms with Gasteiger partial charge in [0.1, 0.15) is 5.56 Å². The van der Waals surface area contributed by atoms with Crippen LogP contribution in [0.3, 0.4) is 0 Å². The summed E-state index contributed by atoms with van der Waals surface area (Å²) in [6.07, 6.45) is 2.19. The summed E-state index contributed by atoms with van der Waals surface area (Å²) in [6, 6.07) is 13.0. The van der Waals surface area contributed by atoms with Gasteiger partial charge in [-0.2, -0.15) is 0 Å². The van der Waals surface area contributed by atoms with Crippen LogP contribution in [0.15, 0.2) is 57.0 Å². The summed E-state index contributed by atoms with van der Waals surface area (Å²) in [7, 11) is 0. The molecule has 0 aliphatic heterocycles. The Morgan fingerprint density at radius 2 is 1.83 bits per heavy atom. The van der Waals surface area contributed by atoms with Crippen LogP contribution in [0.25, 0.3) is 16.5 Å². The molecule has 152 valence electrons. The van der Waals surface area contributed by atoms with Crippen molar-refractivity contribution >= 4 is 17.0 Å². The molecular weight excluding hydrogens is 368 g/mol. The zero-order valence-corrected chi connectivity index (χ0v) is 16.8. The van der Waals surface area contributed by atoms with E-state index in [1.54, 1.807) is 12.1 Å². The standard InChI is InChI=1S/C22H26N4O3/c1-3-25(4-2)14-8-13-23-15-18-20(27)24-22(29)26(21(18)28)19-12-7-10-16-9-5-6-11-17(16)19/h5-7,9-12,15,28H,3-4,8,13-14H2,1-2H3,(H,24,27,29). The minimum Gasteiger partial charge on any atom is -0.493 e. The Bertz CT molecular complexity index is 1120. The van der Waals surface area contributed by atoms with Gasteiger partial charge in [-0.15, -0.1) is 0 Å². The van der Waals surface area contributed by atoms with Crippen LogP contribution in [0.1, 0.15) is 25.8 Å². The Morgan fingerprint density at radius 3 is 2.59 bits per heavy atom. The van der Waals surface area contributed by atoms with E-state index in [9.17, 15) is 14.7 Å². The molecule has 0 saturated carbocycles. The lowest BCUT2D eigenvalue weighted by Crippen LogP contribution is -2.31. The molecule has 0 saturated heterocycles. The van der Waals surface area contributed by atoms with Crippen LogP contribution >= 0.6 is 0 Å². The number of aromatic amines is 1. The number of aromatic hydroxyl groups is 1. The smallest absolute Gasteiger partial charge is 0.335 e. The average Bonchev–Trinajstić information content (AvgIpc) is 2.72. The summed E-state index contributed by atoms with van der Waals surface area (Å²) in [4.78, 5) is 33.6. The van der Waals surface area contributed by atoms with Crippen molar-refractivity contribution < 1.29 is 5.11 Å². The zero-order valence-electron chi connectivity index (χ0n) is 16.8. The SMILES string of the molecule is CCN(CC)CCCN=Cc1c(O)n(-c2cccc3ccccc23)c(=O)[nH]c1=O. The number of aliphatic imine (C=N–C) groups is 1. The summed E-state index contributed by atoms with van der Waals surface area (Å²) in [5, 5.41) is 12.4. The van der Waals surface area contributed by atoms with Gasteiger partial charge in [0, 0.05) is 18.1 Å². The van der Waals surface area contributed by atoms with Crippen LogP contribution in [0.5, 0.6) is 5.88 Å². The van der Waals surface area contributed by atoms with Gasteiger partial charge in [0.15, 0.2) is 0 Å². The first-order chi connectivity index (χ1) is 14.1. The molecule has 0 amide bonds. The van der Waals surface area contributed by atoms with E-state index < -0.39 is 17.1 Å². The molecule has 0 spiro atoms. The molecule has 3 aromatic rings. The second-order valence-corrected chi connectivity index (χ2v) is 6.75. The van der Waals surface area contributed by atoms with E-state index in [-0.39, 0.29) is 5.56 Å². The molecule has 1 aromatic heterocycles. The highest BCUT2D eigenvalue weighted by molar-refractivity contribution is 5.91. The van der Waals surface area contributed by atoms with Crippen LogP contribution in [0, 0.1) is 0 Å². The Kier molecular flexibility index (Phi) is 6.61. The van der Waals surface area contributed by atoms with Gasteiger partial charge in [0.2, 0.25) is 5.88 Å². The molecule has 0 aliphatic rings. The van der Waals surface area contributed by atoms with E-state index in [2.05, 4.69) is 28.7 Å². The highest BCUT2D eigenvalue weighted by Gasteiger charge is 2.15. The minimum atomic E-state index is -0.692. The van der Waals surface area contributed by atoms with Crippen molar-refractivity contribution in [3.8, 4) is 11.6 Å². The fourth-order valence-electron chi connectivity index (χ4n) is 3.36. The van der Waals surface area contributed by atoms with Gasteiger partial charge in [-0.3, -0.25) is 14.8 Å². The molecule has 0 bridgehead atoms. The predicted molar refractivity (Wildman–Crippen MR) is 117 cm³/mol. The van der Waals surface area contributed by atoms with E-state index in [0.29, 0.717) is 12.2 Å². The first kappa shape index (κ1) is 20.5. The molecule has 0 aliphatic carbocycles. The van der Waals surface area contributed by atoms with Crippen molar-refractivity contribution in [2.45, 2.75) is 20.3 Å². The largest absolute Gasteiger partial charge is 0.493 e. The molecule has 1 heterocycles. The molecule has 2 N–H and O–H groups in total. The van der Waals surface area contributed by atoms with Crippen molar-refractivity contribution in [2.75, 3.05) is 26.2 Å². The minimum absolute atomic E-state index is 0.0274. The second kappa shape index (κ2) is 9.34. The van der Waals surface area contributed by atoms with Crippen molar-refractivity contribution in [2.24, 2.45) is 4.99 Å². The van der Waals surface area contributed by atoms with Crippen molar-refractivity contribution in [3.05, 3.63) is 68.9 Å². The van der Waals surface area contributed by atoms with Gasteiger partial charge in [0.05, 0.1) is 5.69 Å². The second-order valence-electron chi connectivity index (χ2n) is 6.75. The van der Waals surface area contributed by atoms with E-state index >= 15 is 0 Å². The molecule has 0 fully saturated rings. The molecule has 0 atom stereocenters. The third kappa shape index (κ3) is 4.46. The fraction of sp³-hybridized carbons (Fsp3) is 0.318. The van der Waals surface area contributed by atoms with E-state index in [1.165, 1.54) is 6.21 Å². The van der Waals surface area contributed by atoms with Gasteiger partial charge in [-0.25, -0.2) is 9.36 Å². The summed E-state index contributed by atoms with van der Waals surface area (Å²) in [5.41, 5.74) is -0.877. The van der Waals surface area contributed by atoms with E-state index in [1.807, 2.05) is 30.3 Å². The number of nitrogens with zero attached hydrogens (tertiary/aromatic N) is 3. The number of nitrogens with one attached hydrogen (secondary N) is 1. The van der Waals surface area contributed by atoms with Crippen LogP contribution < -0.4 is 11.2 Å². The lowest BCUT2D eigenvalue weighted by molar-refractivity contribution is 0.302. The molecule has 3 rings (SSSR count).